The average molecular weight is 256 g/mol. The highest BCUT2D eigenvalue weighted by molar-refractivity contribution is 6.16. The van der Waals surface area contributed by atoms with Gasteiger partial charge in [-0.25, -0.2) is 4.98 Å². The zero-order valence-electron chi connectivity index (χ0n) is 9.94. The number of piperidine rings is 1. The molecule has 1 fully saturated rings. The minimum absolute atomic E-state index is 0.371. The van der Waals surface area contributed by atoms with Gasteiger partial charge in [0.15, 0.2) is 0 Å². The Hall–Kier alpha value is -0.870. The standard InChI is InChI=1S/C12H18ClN3O/c13-8-11-9-14-10-12(15-11)17-7-6-16-4-2-1-3-5-16/h9-10H,1-8H2. The lowest BCUT2D eigenvalue weighted by atomic mass is 10.1. The molecular weight excluding hydrogens is 238 g/mol. The maximum absolute atomic E-state index is 5.69. The van der Waals surface area contributed by atoms with E-state index in [4.69, 9.17) is 16.3 Å². The SMILES string of the molecule is ClCc1cncc(OCCN2CCCCC2)n1. The number of nitrogens with zero attached hydrogens (tertiary/aromatic N) is 3. The summed E-state index contributed by atoms with van der Waals surface area (Å²) in [6.45, 7) is 4.01. The Bertz CT molecular complexity index is 342. The van der Waals surface area contributed by atoms with E-state index >= 15 is 0 Å². The summed E-state index contributed by atoms with van der Waals surface area (Å²) in [6, 6.07) is 0. The van der Waals surface area contributed by atoms with Gasteiger partial charge in [0.1, 0.15) is 6.61 Å². The summed E-state index contributed by atoms with van der Waals surface area (Å²) in [5.74, 6) is 0.941. The molecule has 1 saturated heterocycles. The molecule has 1 aliphatic heterocycles. The van der Waals surface area contributed by atoms with Crippen LogP contribution in [0.5, 0.6) is 5.88 Å². The van der Waals surface area contributed by atoms with Crippen molar-refractivity contribution in [2.75, 3.05) is 26.2 Å². The Morgan fingerprint density at radius 2 is 2.06 bits per heavy atom. The van der Waals surface area contributed by atoms with Crippen LogP contribution in [0.2, 0.25) is 0 Å². The summed E-state index contributed by atoms with van der Waals surface area (Å²) in [4.78, 5) is 10.7. The monoisotopic (exact) mass is 255 g/mol. The first-order valence-corrected chi connectivity index (χ1v) is 6.64. The summed E-state index contributed by atoms with van der Waals surface area (Å²) in [5, 5.41) is 0. The average Bonchev–Trinajstić information content (AvgIpc) is 2.40. The largest absolute Gasteiger partial charge is 0.475 e. The summed E-state index contributed by atoms with van der Waals surface area (Å²) >= 11 is 5.69. The van der Waals surface area contributed by atoms with Crippen LogP contribution in [0.1, 0.15) is 25.0 Å². The van der Waals surface area contributed by atoms with E-state index in [1.807, 2.05) is 0 Å². The van der Waals surface area contributed by atoms with Gasteiger partial charge < -0.3 is 4.74 Å². The first-order valence-electron chi connectivity index (χ1n) is 6.10. The van der Waals surface area contributed by atoms with Crippen molar-refractivity contribution in [2.24, 2.45) is 0 Å². The Balaban J connectivity index is 1.73. The van der Waals surface area contributed by atoms with Crippen molar-refractivity contribution < 1.29 is 4.74 Å². The van der Waals surface area contributed by atoms with Crippen LogP contribution in [0.4, 0.5) is 0 Å². The molecule has 0 aromatic carbocycles. The number of hydrogen-bond acceptors (Lipinski definition) is 4. The predicted molar refractivity (Wildman–Crippen MR) is 67.4 cm³/mol. The van der Waals surface area contributed by atoms with Gasteiger partial charge in [0.25, 0.3) is 0 Å². The number of rotatable bonds is 5. The van der Waals surface area contributed by atoms with Crippen molar-refractivity contribution in [3.8, 4) is 5.88 Å². The molecule has 0 spiro atoms. The van der Waals surface area contributed by atoms with Gasteiger partial charge >= 0.3 is 0 Å². The third-order valence-electron chi connectivity index (χ3n) is 2.91. The highest BCUT2D eigenvalue weighted by atomic mass is 35.5. The van der Waals surface area contributed by atoms with Gasteiger partial charge in [0.2, 0.25) is 5.88 Å². The maximum atomic E-state index is 5.69. The first-order chi connectivity index (χ1) is 8.38. The van der Waals surface area contributed by atoms with Crippen molar-refractivity contribution in [1.29, 1.82) is 0 Å². The van der Waals surface area contributed by atoms with Crippen molar-refractivity contribution in [1.82, 2.24) is 14.9 Å². The van der Waals surface area contributed by atoms with Gasteiger partial charge in [-0.3, -0.25) is 9.88 Å². The van der Waals surface area contributed by atoms with Crippen LogP contribution >= 0.6 is 11.6 Å². The molecule has 94 valence electrons. The van der Waals surface area contributed by atoms with Gasteiger partial charge in [-0.2, -0.15) is 0 Å². The third-order valence-corrected chi connectivity index (χ3v) is 3.18. The molecule has 0 atom stereocenters. The molecule has 4 nitrogen and oxygen atoms in total. The fourth-order valence-electron chi connectivity index (χ4n) is 1.98. The van der Waals surface area contributed by atoms with E-state index in [0.29, 0.717) is 18.4 Å². The van der Waals surface area contributed by atoms with Crippen molar-refractivity contribution in [3.05, 3.63) is 18.1 Å². The molecule has 0 saturated carbocycles. The van der Waals surface area contributed by atoms with E-state index in [1.54, 1.807) is 12.4 Å². The first kappa shape index (κ1) is 12.6. The molecule has 2 heterocycles. The van der Waals surface area contributed by atoms with Crippen LogP contribution in [-0.2, 0) is 5.88 Å². The smallest absolute Gasteiger partial charge is 0.232 e. The van der Waals surface area contributed by atoms with E-state index < -0.39 is 0 Å². The normalized spacial score (nSPS) is 17.0. The third kappa shape index (κ3) is 4.13. The maximum Gasteiger partial charge on any atom is 0.232 e. The molecule has 0 aliphatic carbocycles. The van der Waals surface area contributed by atoms with Gasteiger partial charge in [-0.1, -0.05) is 6.42 Å². The van der Waals surface area contributed by atoms with Gasteiger partial charge in [0.05, 0.1) is 17.8 Å². The Morgan fingerprint density at radius 1 is 1.24 bits per heavy atom. The van der Waals surface area contributed by atoms with Crippen molar-refractivity contribution in [2.45, 2.75) is 25.1 Å². The zero-order valence-corrected chi connectivity index (χ0v) is 10.7. The summed E-state index contributed by atoms with van der Waals surface area (Å²) in [6.07, 6.45) is 7.26. The number of ether oxygens (including phenoxy) is 1. The summed E-state index contributed by atoms with van der Waals surface area (Å²) < 4.78 is 5.58. The van der Waals surface area contributed by atoms with E-state index in [9.17, 15) is 0 Å². The lowest BCUT2D eigenvalue weighted by Crippen LogP contribution is -2.33. The van der Waals surface area contributed by atoms with Crippen LogP contribution in [0.25, 0.3) is 0 Å². The Kier molecular flexibility index (Phi) is 5.01. The minimum Gasteiger partial charge on any atom is -0.475 e. The highest BCUT2D eigenvalue weighted by Gasteiger charge is 2.09. The van der Waals surface area contributed by atoms with Gasteiger partial charge in [-0.15, -0.1) is 11.6 Å². The number of aromatic nitrogens is 2. The van der Waals surface area contributed by atoms with Crippen molar-refractivity contribution >= 4 is 11.6 Å². The molecule has 0 bridgehead atoms. The molecule has 0 unspecified atom stereocenters. The molecule has 0 N–H and O–H groups in total. The summed E-state index contributed by atoms with van der Waals surface area (Å²) in [5.41, 5.74) is 0.752. The van der Waals surface area contributed by atoms with Crippen LogP contribution in [0.15, 0.2) is 12.4 Å². The fraction of sp³-hybridized carbons (Fsp3) is 0.667. The lowest BCUT2D eigenvalue weighted by molar-refractivity contribution is 0.180. The topological polar surface area (TPSA) is 38.2 Å². The van der Waals surface area contributed by atoms with Crippen LogP contribution in [-0.4, -0.2) is 41.1 Å². The second kappa shape index (κ2) is 6.77. The van der Waals surface area contributed by atoms with Crippen LogP contribution in [0, 0.1) is 0 Å². The number of alkyl halides is 1. The number of halogens is 1. The number of likely N-dealkylation sites (tertiary alicyclic amines) is 1. The molecule has 1 aromatic heterocycles. The second-order valence-corrected chi connectivity index (χ2v) is 4.50. The minimum atomic E-state index is 0.371. The molecule has 1 aromatic rings. The molecule has 5 heteroatoms. The van der Waals surface area contributed by atoms with E-state index in [2.05, 4.69) is 14.9 Å². The molecule has 1 aliphatic rings. The fourth-order valence-corrected chi connectivity index (χ4v) is 2.11. The number of hydrogen-bond donors (Lipinski definition) is 0. The van der Waals surface area contributed by atoms with Gasteiger partial charge in [0, 0.05) is 12.7 Å². The van der Waals surface area contributed by atoms with Gasteiger partial charge in [-0.05, 0) is 25.9 Å². The van der Waals surface area contributed by atoms with Crippen LogP contribution < -0.4 is 4.74 Å². The van der Waals surface area contributed by atoms with E-state index in [-0.39, 0.29) is 0 Å². The molecule has 0 radical (unpaired) electrons. The second-order valence-electron chi connectivity index (χ2n) is 4.23. The Morgan fingerprint density at radius 3 is 2.82 bits per heavy atom. The molecule has 17 heavy (non-hydrogen) atoms. The lowest BCUT2D eigenvalue weighted by Gasteiger charge is -2.25. The highest BCUT2D eigenvalue weighted by Crippen LogP contribution is 2.09. The summed E-state index contributed by atoms with van der Waals surface area (Å²) in [7, 11) is 0. The van der Waals surface area contributed by atoms with E-state index in [1.165, 1.54) is 32.4 Å². The van der Waals surface area contributed by atoms with E-state index in [0.717, 1.165) is 12.2 Å². The van der Waals surface area contributed by atoms with Crippen LogP contribution in [0.3, 0.4) is 0 Å². The Labute approximate surface area is 107 Å². The zero-order chi connectivity index (χ0) is 11.9. The quantitative estimate of drug-likeness (QED) is 0.755. The molecule has 2 rings (SSSR count). The predicted octanol–water partition coefficient (Wildman–Crippen LogP) is 2.08. The van der Waals surface area contributed by atoms with Crippen molar-refractivity contribution in [3.63, 3.8) is 0 Å². The molecular formula is C12H18ClN3O. The molecule has 0 amide bonds.